The Hall–Kier alpha value is -1.05. The summed E-state index contributed by atoms with van der Waals surface area (Å²) in [6, 6.07) is 0. The first-order valence-corrected chi connectivity index (χ1v) is 2.98. The fraction of sp³-hybridized carbons (Fsp3) is 0.375. The van der Waals surface area contributed by atoms with Crippen LogP contribution in [0.4, 0.5) is 0 Å². The second kappa shape index (κ2) is 3.88. The smallest absolute Gasteiger partial charge is 0.309 e. The van der Waals surface area contributed by atoms with Crippen molar-refractivity contribution in [3.05, 3.63) is 24.3 Å². The lowest BCUT2D eigenvalue weighted by molar-refractivity contribution is -0.139. The number of esters is 1. The molecule has 56 valence electrons. The Morgan fingerprint density at radius 3 is 2.30 bits per heavy atom. The Labute approximate surface area is 61.2 Å². The fourth-order valence-corrected chi connectivity index (χ4v) is 0.397. The van der Waals surface area contributed by atoms with Gasteiger partial charge >= 0.3 is 5.97 Å². The van der Waals surface area contributed by atoms with Crippen LogP contribution in [0.2, 0.25) is 0 Å². The van der Waals surface area contributed by atoms with E-state index < -0.39 is 0 Å². The molecule has 0 N–H and O–H groups in total. The van der Waals surface area contributed by atoms with E-state index in [2.05, 4.69) is 17.9 Å². The van der Waals surface area contributed by atoms with E-state index in [-0.39, 0.29) is 12.4 Å². The summed E-state index contributed by atoms with van der Waals surface area (Å²) in [7, 11) is 1.36. The summed E-state index contributed by atoms with van der Waals surface area (Å²) >= 11 is 0. The van der Waals surface area contributed by atoms with Crippen LogP contribution >= 0.6 is 0 Å². The maximum Gasteiger partial charge on any atom is 0.309 e. The monoisotopic (exact) mass is 140 g/mol. The van der Waals surface area contributed by atoms with Gasteiger partial charge in [0, 0.05) is 0 Å². The van der Waals surface area contributed by atoms with Crippen LogP contribution < -0.4 is 0 Å². The maximum atomic E-state index is 10.6. The zero-order valence-corrected chi connectivity index (χ0v) is 6.44. The first-order valence-electron chi connectivity index (χ1n) is 2.98. The summed E-state index contributed by atoms with van der Waals surface area (Å²) in [5.74, 6) is -0.270. The second-order valence-electron chi connectivity index (χ2n) is 2.14. The summed E-state index contributed by atoms with van der Waals surface area (Å²) in [6.45, 7) is 9.09. The van der Waals surface area contributed by atoms with Crippen molar-refractivity contribution < 1.29 is 9.53 Å². The van der Waals surface area contributed by atoms with Gasteiger partial charge in [-0.25, -0.2) is 0 Å². The van der Waals surface area contributed by atoms with Crippen LogP contribution in [0.25, 0.3) is 0 Å². The molecule has 0 aromatic rings. The molecular weight excluding hydrogens is 128 g/mol. The van der Waals surface area contributed by atoms with Crippen molar-refractivity contribution in [1.29, 1.82) is 0 Å². The van der Waals surface area contributed by atoms with E-state index in [0.717, 1.165) is 11.1 Å². The van der Waals surface area contributed by atoms with E-state index in [1.54, 1.807) is 0 Å². The molecule has 0 aromatic carbocycles. The van der Waals surface area contributed by atoms with E-state index >= 15 is 0 Å². The van der Waals surface area contributed by atoms with Crippen molar-refractivity contribution >= 4 is 5.97 Å². The Bertz CT molecular complexity index is 168. The van der Waals surface area contributed by atoms with Crippen molar-refractivity contribution in [2.75, 3.05) is 7.11 Å². The van der Waals surface area contributed by atoms with Gasteiger partial charge in [-0.05, 0) is 12.5 Å². The van der Waals surface area contributed by atoms with Gasteiger partial charge in [-0.15, -0.1) is 0 Å². The van der Waals surface area contributed by atoms with Gasteiger partial charge < -0.3 is 4.74 Å². The molecule has 0 aliphatic heterocycles. The minimum atomic E-state index is -0.270. The van der Waals surface area contributed by atoms with Gasteiger partial charge in [0.1, 0.15) is 0 Å². The van der Waals surface area contributed by atoms with Gasteiger partial charge in [0.05, 0.1) is 13.5 Å². The van der Waals surface area contributed by atoms with E-state index in [0.29, 0.717) is 0 Å². The molecular formula is C8H12O2. The molecule has 0 fully saturated rings. The lowest BCUT2D eigenvalue weighted by Gasteiger charge is -2.01. The average Bonchev–Trinajstić information content (AvgIpc) is 1.87. The van der Waals surface area contributed by atoms with Gasteiger partial charge in [-0.3, -0.25) is 4.79 Å². The van der Waals surface area contributed by atoms with Crippen LogP contribution in [0.5, 0.6) is 0 Å². The molecule has 0 heterocycles. The van der Waals surface area contributed by atoms with Gasteiger partial charge in [-0.2, -0.15) is 0 Å². The molecule has 2 heteroatoms. The Kier molecular flexibility index (Phi) is 3.47. The summed E-state index contributed by atoms with van der Waals surface area (Å²) in [4.78, 5) is 10.6. The average molecular weight is 140 g/mol. The Morgan fingerprint density at radius 2 is 2.00 bits per heavy atom. The summed E-state index contributed by atoms with van der Waals surface area (Å²) < 4.78 is 4.43. The van der Waals surface area contributed by atoms with Crippen LogP contribution in [0.1, 0.15) is 13.3 Å². The maximum absolute atomic E-state index is 10.6. The van der Waals surface area contributed by atoms with E-state index in [4.69, 9.17) is 0 Å². The highest BCUT2D eigenvalue weighted by atomic mass is 16.5. The van der Waals surface area contributed by atoms with Crippen molar-refractivity contribution in [3.63, 3.8) is 0 Å². The molecule has 0 radical (unpaired) electrons. The zero-order valence-electron chi connectivity index (χ0n) is 6.44. The summed E-state index contributed by atoms with van der Waals surface area (Å²) in [5, 5.41) is 0. The number of methoxy groups -OCH3 is 1. The van der Waals surface area contributed by atoms with Gasteiger partial charge in [0.25, 0.3) is 0 Å². The van der Waals surface area contributed by atoms with Gasteiger partial charge in [-0.1, -0.05) is 18.7 Å². The van der Waals surface area contributed by atoms with E-state index in [1.807, 2.05) is 6.92 Å². The molecule has 0 aliphatic rings. The predicted molar refractivity (Wildman–Crippen MR) is 40.6 cm³/mol. The van der Waals surface area contributed by atoms with E-state index in [9.17, 15) is 4.79 Å². The molecule has 0 rings (SSSR count). The number of ether oxygens (including phenoxy) is 1. The van der Waals surface area contributed by atoms with Gasteiger partial charge in [0.2, 0.25) is 0 Å². The molecule has 0 aliphatic carbocycles. The Morgan fingerprint density at radius 1 is 1.50 bits per heavy atom. The Balaban J connectivity index is 3.80. The zero-order chi connectivity index (χ0) is 8.15. The molecule has 0 saturated heterocycles. The first kappa shape index (κ1) is 8.95. The highest BCUT2D eigenvalue weighted by Gasteiger charge is 2.02. The molecule has 10 heavy (non-hydrogen) atoms. The summed E-state index contributed by atoms with van der Waals surface area (Å²) in [6.07, 6.45) is 0.242. The lowest BCUT2D eigenvalue weighted by Crippen LogP contribution is -2.01. The van der Waals surface area contributed by atoms with Crippen molar-refractivity contribution in [3.8, 4) is 0 Å². The lowest BCUT2D eigenvalue weighted by atomic mass is 10.1. The third kappa shape index (κ3) is 3.07. The summed E-state index contributed by atoms with van der Waals surface area (Å²) in [5.41, 5.74) is 1.55. The van der Waals surface area contributed by atoms with Crippen LogP contribution in [0.15, 0.2) is 24.3 Å². The largest absolute Gasteiger partial charge is 0.469 e. The first-order chi connectivity index (χ1) is 4.57. The normalized spacial score (nSPS) is 8.60. The fourth-order valence-electron chi connectivity index (χ4n) is 0.397. The van der Waals surface area contributed by atoms with Crippen molar-refractivity contribution in [2.24, 2.45) is 0 Å². The van der Waals surface area contributed by atoms with E-state index in [1.165, 1.54) is 7.11 Å². The second-order valence-corrected chi connectivity index (χ2v) is 2.14. The van der Waals surface area contributed by atoms with Gasteiger partial charge in [0.15, 0.2) is 0 Å². The number of allylic oxidation sites excluding steroid dienone is 1. The van der Waals surface area contributed by atoms with Crippen molar-refractivity contribution in [1.82, 2.24) is 0 Å². The molecule has 0 unspecified atom stereocenters. The molecule has 0 bridgehead atoms. The van der Waals surface area contributed by atoms with Crippen LogP contribution in [0.3, 0.4) is 0 Å². The highest BCUT2D eigenvalue weighted by molar-refractivity contribution is 5.73. The molecule has 0 atom stereocenters. The third-order valence-electron chi connectivity index (χ3n) is 1.19. The number of rotatable bonds is 3. The SMILES string of the molecule is C=C(C)C(=C)CC(=O)OC. The molecule has 0 aromatic heterocycles. The van der Waals surface area contributed by atoms with Crippen LogP contribution in [0, 0.1) is 0 Å². The topological polar surface area (TPSA) is 26.3 Å². The van der Waals surface area contributed by atoms with Crippen LogP contribution in [-0.4, -0.2) is 13.1 Å². The highest BCUT2D eigenvalue weighted by Crippen LogP contribution is 2.08. The molecule has 2 nitrogen and oxygen atoms in total. The number of hydrogen-bond acceptors (Lipinski definition) is 2. The number of carbonyl (C=O) groups excluding carboxylic acids is 1. The standard InChI is InChI=1S/C8H12O2/c1-6(2)7(3)5-8(9)10-4/h1,3,5H2,2,4H3. The number of carbonyl (C=O) groups is 1. The minimum absolute atomic E-state index is 0.242. The minimum Gasteiger partial charge on any atom is -0.469 e. The quantitative estimate of drug-likeness (QED) is 0.440. The molecule has 0 amide bonds. The number of hydrogen-bond donors (Lipinski definition) is 0. The van der Waals surface area contributed by atoms with Crippen molar-refractivity contribution in [2.45, 2.75) is 13.3 Å². The van der Waals surface area contributed by atoms with Crippen LogP contribution in [-0.2, 0) is 9.53 Å². The molecule has 0 spiro atoms. The molecule has 0 saturated carbocycles. The predicted octanol–water partition coefficient (Wildman–Crippen LogP) is 1.68. The third-order valence-corrected chi connectivity index (χ3v) is 1.19.